The Labute approximate surface area is 292 Å². The van der Waals surface area contributed by atoms with E-state index in [0.717, 1.165) is 6.08 Å². The van der Waals surface area contributed by atoms with Gasteiger partial charge in [0.15, 0.2) is 11.6 Å². The van der Waals surface area contributed by atoms with Crippen molar-refractivity contribution >= 4 is 29.0 Å². The van der Waals surface area contributed by atoms with E-state index < -0.39 is 76.1 Å². The maximum atomic E-state index is 13.8. The fourth-order valence-corrected chi connectivity index (χ4v) is 5.57. The van der Waals surface area contributed by atoms with Crippen molar-refractivity contribution in [1.29, 1.82) is 0 Å². The zero-order valence-corrected chi connectivity index (χ0v) is 29.1. The number of amides is 1. The molecule has 1 aromatic rings. The third-order valence-electron chi connectivity index (χ3n) is 8.87. The van der Waals surface area contributed by atoms with Crippen LogP contribution in [0.1, 0.15) is 84.1 Å². The van der Waals surface area contributed by atoms with E-state index in [-0.39, 0.29) is 46.8 Å². The number of aromatic hydroxyl groups is 1. The van der Waals surface area contributed by atoms with Gasteiger partial charge in [-0.25, -0.2) is 0 Å². The molecule has 6 unspecified atom stereocenters. The Balaban J connectivity index is 2.05. The molecule has 4 bridgehead atoms. The highest BCUT2D eigenvalue weighted by Gasteiger charge is 2.37. The van der Waals surface area contributed by atoms with Gasteiger partial charge in [0.05, 0.1) is 29.4 Å². The molecule has 11 nitrogen and oxygen atoms in total. The van der Waals surface area contributed by atoms with Crippen molar-refractivity contribution in [3.63, 3.8) is 0 Å². The van der Waals surface area contributed by atoms with E-state index in [2.05, 4.69) is 5.32 Å². The van der Waals surface area contributed by atoms with E-state index in [9.17, 15) is 44.4 Å². The van der Waals surface area contributed by atoms with Crippen LogP contribution in [0, 0.1) is 24.7 Å². The Bertz CT molecular complexity index is 1770. The first kappa shape index (κ1) is 39.5. The number of phenolic OH excluding ortho intramolecular Hbond substituents is 1. The lowest BCUT2D eigenvalue weighted by Gasteiger charge is -2.23. The van der Waals surface area contributed by atoms with E-state index in [0.29, 0.717) is 5.57 Å². The van der Waals surface area contributed by atoms with Crippen molar-refractivity contribution in [2.45, 2.75) is 72.7 Å². The highest BCUT2D eigenvalue weighted by molar-refractivity contribution is 6.31. The first-order valence-corrected chi connectivity index (χ1v) is 16.4. The Morgan fingerprint density at radius 1 is 0.760 bits per heavy atom. The van der Waals surface area contributed by atoms with E-state index in [1.807, 2.05) is 0 Å². The summed E-state index contributed by atoms with van der Waals surface area (Å²) in [6.07, 6.45) is 12.2. The molecule has 2 aliphatic heterocycles. The summed E-state index contributed by atoms with van der Waals surface area (Å²) in [4.78, 5) is 66.2. The summed E-state index contributed by atoms with van der Waals surface area (Å²) < 4.78 is 0. The van der Waals surface area contributed by atoms with Gasteiger partial charge in [0.2, 0.25) is 17.5 Å². The monoisotopic (exact) mass is 686 g/mol. The fraction of sp³-hybridized carbons (Fsp3) is 0.359. The van der Waals surface area contributed by atoms with Gasteiger partial charge in [-0.05, 0) is 50.0 Å². The van der Waals surface area contributed by atoms with Crippen LogP contribution < -0.4 is 11.1 Å². The van der Waals surface area contributed by atoms with Crippen LogP contribution in [0.25, 0.3) is 0 Å². The van der Waals surface area contributed by atoms with Crippen LogP contribution in [-0.2, 0) is 9.59 Å². The van der Waals surface area contributed by atoms with Crippen LogP contribution in [-0.4, -0.2) is 67.8 Å². The van der Waals surface area contributed by atoms with Gasteiger partial charge in [0.1, 0.15) is 17.1 Å². The summed E-state index contributed by atoms with van der Waals surface area (Å²) in [7, 11) is 0. The van der Waals surface area contributed by atoms with Crippen LogP contribution in [0.15, 0.2) is 89.4 Å². The lowest BCUT2D eigenvalue weighted by atomic mass is 9.82. The van der Waals surface area contributed by atoms with Crippen LogP contribution in [0.2, 0.25) is 0 Å². The molecule has 3 aliphatic rings. The average Bonchev–Trinajstić information content (AvgIpc) is 3.07. The number of carbonyl (C=O) groups excluding carboxylic acids is 5. The van der Waals surface area contributed by atoms with Gasteiger partial charge in [0.25, 0.3) is 0 Å². The van der Waals surface area contributed by atoms with Crippen molar-refractivity contribution in [3.8, 4) is 5.75 Å². The summed E-state index contributed by atoms with van der Waals surface area (Å²) >= 11 is 0. The third kappa shape index (κ3) is 9.38. The number of Topliss-reactive ketones (excluding diaryl/α,β-unsaturated/α-hetero) is 4. The van der Waals surface area contributed by atoms with E-state index in [1.54, 1.807) is 58.1 Å². The summed E-state index contributed by atoms with van der Waals surface area (Å²) in [6.45, 7) is 9.67. The molecule has 0 spiro atoms. The van der Waals surface area contributed by atoms with Crippen molar-refractivity contribution in [2.75, 3.05) is 0 Å². The summed E-state index contributed by atoms with van der Waals surface area (Å²) in [5.74, 6) is -5.49. The number of phenols is 1. The minimum atomic E-state index is -1.01. The lowest BCUT2D eigenvalue weighted by Crippen LogP contribution is -2.37. The van der Waals surface area contributed by atoms with Gasteiger partial charge in [0, 0.05) is 35.8 Å². The van der Waals surface area contributed by atoms with Gasteiger partial charge in [-0.1, -0.05) is 75.5 Å². The van der Waals surface area contributed by atoms with Gasteiger partial charge in [-0.3, -0.25) is 24.0 Å². The Morgan fingerprint density at radius 2 is 1.42 bits per heavy atom. The maximum Gasteiger partial charge on any atom is 0.248 e. The number of hydrogen-bond acceptors (Lipinski definition) is 10. The highest BCUT2D eigenvalue weighted by atomic mass is 16.3. The number of rotatable bonds is 0. The zero-order chi connectivity index (χ0) is 37.4. The first-order chi connectivity index (χ1) is 23.5. The quantitative estimate of drug-likeness (QED) is 0.216. The van der Waals surface area contributed by atoms with Crippen molar-refractivity contribution in [3.05, 3.63) is 112 Å². The number of nitrogens with one attached hydrogen (secondary N) is 1. The number of aliphatic hydroxyl groups excluding tert-OH is 3. The second-order valence-electron chi connectivity index (χ2n) is 12.9. The molecule has 11 heteroatoms. The molecule has 7 N–H and O–H groups in total. The largest absolute Gasteiger partial charge is 0.507 e. The van der Waals surface area contributed by atoms with Crippen LogP contribution in [0.3, 0.4) is 0 Å². The lowest BCUT2D eigenvalue weighted by molar-refractivity contribution is -0.118. The van der Waals surface area contributed by atoms with Crippen LogP contribution >= 0.6 is 0 Å². The predicted molar refractivity (Wildman–Crippen MR) is 189 cm³/mol. The van der Waals surface area contributed by atoms with Gasteiger partial charge < -0.3 is 31.5 Å². The van der Waals surface area contributed by atoms with Crippen molar-refractivity contribution in [1.82, 2.24) is 5.32 Å². The van der Waals surface area contributed by atoms with Crippen molar-refractivity contribution in [2.24, 2.45) is 23.5 Å². The van der Waals surface area contributed by atoms with Gasteiger partial charge in [-0.15, -0.1) is 0 Å². The third-order valence-corrected chi connectivity index (χ3v) is 8.87. The molecule has 0 saturated heterocycles. The number of benzene rings is 1. The van der Waals surface area contributed by atoms with E-state index in [4.69, 9.17) is 5.73 Å². The second-order valence-corrected chi connectivity index (χ2v) is 12.9. The van der Waals surface area contributed by atoms with Crippen LogP contribution in [0.4, 0.5) is 0 Å². The standard InChI is InChI=1S/C39H46N2O9/c1-20-11-9-7-8-10-12-30(45)41-34-33(40)39(50)31-27(38(34)49)18-25(6)37(48)32(31)36(47)24(5)17-23(4)35(46)22(3)14-16-26(42)15-13-21(2)29(44)19-28(20)43/h7-14,16-18,20,22-23,26,28,35,42-43,46,48H,15,19,40H2,1-6H3,(H,41,45)/b8-7-,11-9-,12-10?,16-14-,21-13-,24-17?. The Morgan fingerprint density at radius 3 is 2.10 bits per heavy atom. The molecule has 1 aliphatic carbocycles. The molecule has 0 fully saturated rings. The molecule has 4 rings (SSSR count). The maximum absolute atomic E-state index is 13.8. The molecule has 0 aromatic heterocycles. The molecule has 1 aromatic carbocycles. The summed E-state index contributed by atoms with van der Waals surface area (Å²) in [5.41, 5.74) is 4.59. The molecule has 50 heavy (non-hydrogen) atoms. The molecule has 1 amide bonds. The first-order valence-electron chi connectivity index (χ1n) is 16.4. The summed E-state index contributed by atoms with van der Waals surface area (Å²) in [6, 6.07) is 1.25. The zero-order valence-electron chi connectivity index (χ0n) is 29.1. The molecular weight excluding hydrogens is 640 g/mol. The van der Waals surface area contributed by atoms with E-state index >= 15 is 0 Å². The number of aryl methyl sites for hydroxylation is 1. The second kappa shape index (κ2) is 17.1. The number of nitrogens with two attached hydrogens (primary N) is 1. The Kier molecular flexibility index (Phi) is 13.5. The topological polar surface area (TPSA) is 204 Å². The number of ketones is 4. The number of allylic oxidation sites excluding steroid dienone is 8. The smallest absolute Gasteiger partial charge is 0.248 e. The van der Waals surface area contributed by atoms with Gasteiger partial charge >= 0.3 is 0 Å². The number of aliphatic hydroxyl groups is 3. The highest BCUT2D eigenvalue weighted by Crippen LogP contribution is 2.36. The SMILES string of the molecule is CC1=CC(C)C(O)C(C)/C=C\C(O)C/C=C(/C)C(=O)CC(O)C(C)/C=C\C=C/C=CC(=O)NC2=C(N)C(=O)c3c(cc(C)c(O)c3C1=O)C2=O. The van der Waals surface area contributed by atoms with Crippen molar-refractivity contribution < 1.29 is 44.4 Å². The minimum Gasteiger partial charge on any atom is -0.507 e. The normalized spacial score (nSPS) is 29.7. The summed E-state index contributed by atoms with van der Waals surface area (Å²) in [5, 5.41) is 45.4. The fourth-order valence-electron chi connectivity index (χ4n) is 5.57. The number of fused-ring (bicyclic) bond motifs is 18. The van der Waals surface area contributed by atoms with E-state index in [1.165, 1.54) is 44.2 Å². The Hall–Kier alpha value is -4.97. The minimum absolute atomic E-state index is 0.0829. The van der Waals surface area contributed by atoms with Crippen LogP contribution in [0.5, 0.6) is 5.75 Å². The molecular formula is C39H46N2O9. The molecule has 0 radical (unpaired) electrons. The average molecular weight is 687 g/mol. The predicted octanol–water partition coefficient (Wildman–Crippen LogP) is 4.02. The molecule has 2 heterocycles. The number of hydrogen-bond donors (Lipinski definition) is 6. The molecule has 0 saturated carbocycles. The number of carbonyl (C=O) groups is 5. The molecule has 266 valence electrons. The van der Waals surface area contributed by atoms with Gasteiger partial charge in [-0.2, -0.15) is 0 Å². The molecule has 6 atom stereocenters.